The van der Waals surface area contributed by atoms with Crippen molar-refractivity contribution in [2.24, 2.45) is 0 Å². The molecule has 0 aliphatic carbocycles. The number of aromatic nitrogens is 1. The quantitative estimate of drug-likeness (QED) is 0.510. The molecule has 0 fully saturated rings. The van der Waals surface area contributed by atoms with Gasteiger partial charge in [-0.25, -0.2) is 4.98 Å². The van der Waals surface area contributed by atoms with Gasteiger partial charge in [0.2, 0.25) is 0 Å². The molecule has 21 heavy (non-hydrogen) atoms. The first-order valence-electron chi connectivity index (χ1n) is 6.11. The second-order valence-corrected chi connectivity index (χ2v) is 5.13. The standard InChI is InChI=1S/C15H9BrN2O3/c16-11-5-1-2-6-14(11)21-13-8-7-12(18(19)20)15-10(13)4-3-9-17-15/h1-9H. The molecule has 3 rings (SSSR count). The van der Waals surface area contributed by atoms with Gasteiger partial charge in [-0.1, -0.05) is 12.1 Å². The minimum absolute atomic E-state index is 0.0370. The molecule has 0 spiro atoms. The predicted octanol–water partition coefficient (Wildman–Crippen LogP) is 4.70. The van der Waals surface area contributed by atoms with Crippen LogP contribution in [0.15, 0.2) is 59.2 Å². The fourth-order valence-electron chi connectivity index (χ4n) is 2.01. The number of para-hydroxylation sites is 1. The first-order chi connectivity index (χ1) is 10.2. The number of nitrogens with zero attached hydrogens (tertiary/aromatic N) is 2. The van der Waals surface area contributed by atoms with Crippen LogP contribution in [0.2, 0.25) is 0 Å². The van der Waals surface area contributed by atoms with E-state index in [0.717, 1.165) is 4.47 Å². The first-order valence-corrected chi connectivity index (χ1v) is 6.90. The highest BCUT2D eigenvalue weighted by Gasteiger charge is 2.16. The molecule has 0 atom stereocenters. The molecule has 0 N–H and O–H groups in total. The molecule has 104 valence electrons. The summed E-state index contributed by atoms with van der Waals surface area (Å²) < 4.78 is 6.65. The molecule has 5 nitrogen and oxygen atoms in total. The third-order valence-electron chi connectivity index (χ3n) is 2.96. The molecular weight excluding hydrogens is 336 g/mol. The Labute approximate surface area is 128 Å². The van der Waals surface area contributed by atoms with Crippen LogP contribution in [0, 0.1) is 10.1 Å². The predicted molar refractivity (Wildman–Crippen MR) is 82.6 cm³/mol. The van der Waals surface area contributed by atoms with Gasteiger partial charge in [-0.05, 0) is 46.3 Å². The Morgan fingerprint density at radius 3 is 2.62 bits per heavy atom. The topological polar surface area (TPSA) is 65.3 Å². The maximum atomic E-state index is 11.1. The number of nitro groups is 1. The van der Waals surface area contributed by atoms with E-state index in [2.05, 4.69) is 20.9 Å². The summed E-state index contributed by atoms with van der Waals surface area (Å²) in [6, 6.07) is 13.9. The number of nitro benzene ring substituents is 1. The number of benzene rings is 2. The van der Waals surface area contributed by atoms with Gasteiger partial charge in [-0.2, -0.15) is 0 Å². The monoisotopic (exact) mass is 344 g/mol. The summed E-state index contributed by atoms with van der Waals surface area (Å²) in [6.07, 6.45) is 1.53. The molecule has 3 aromatic rings. The Morgan fingerprint density at radius 2 is 1.86 bits per heavy atom. The fourth-order valence-corrected chi connectivity index (χ4v) is 2.38. The molecule has 0 amide bonds. The van der Waals surface area contributed by atoms with Gasteiger partial charge in [-0.15, -0.1) is 0 Å². The summed E-state index contributed by atoms with van der Waals surface area (Å²) in [7, 11) is 0. The van der Waals surface area contributed by atoms with E-state index in [1.54, 1.807) is 18.2 Å². The molecule has 1 aromatic heterocycles. The first kappa shape index (κ1) is 13.5. The molecule has 0 radical (unpaired) electrons. The SMILES string of the molecule is O=[N+]([O-])c1ccc(Oc2ccccc2Br)c2cccnc12. The average Bonchev–Trinajstić information content (AvgIpc) is 2.49. The van der Waals surface area contributed by atoms with Crippen molar-refractivity contribution in [3.63, 3.8) is 0 Å². The summed E-state index contributed by atoms with van der Waals surface area (Å²) in [4.78, 5) is 14.7. The zero-order chi connectivity index (χ0) is 14.8. The number of pyridine rings is 1. The molecule has 0 saturated heterocycles. The molecule has 0 aliphatic heterocycles. The van der Waals surface area contributed by atoms with Crippen molar-refractivity contribution >= 4 is 32.5 Å². The van der Waals surface area contributed by atoms with Crippen LogP contribution in [0.4, 0.5) is 5.69 Å². The highest BCUT2D eigenvalue weighted by Crippen LogP contribution is 2.36. The number of fused-ring (bicyclic) bond motifs is 1. The molecule has 1 heterocycles. The summed E-state index contributed by atoms with van der Waals surface area (Å²) in [6.45, 7) is 0. The van der Waals surface area contributed by atoms with Crippen molar-refractivity contribution in [2.45, 2.75) is 0 Å². The van der Waals surface area contributed by atoms with E-state index in [1.165, 1.54) is 12.3 Å². The molecule has 0 unspecified atom stereocenters. The molecule has 0 saturated carbocycles. The molecule has 0 bridgehead atoms. The van der Waals surface area contributed by atoms with Crippen molar-refractivity contribution in [3.05, 3.63) is 69.3 Å². The lowest BCUT2D eigenvalue weighted by Gasteiger charge is -2.10. The van der Waals surface area contributed by atoms with E-state index in [0.29, 0.717) is 22.4 Å². The van der Waals surface area contributed by atoms with Crippen LogP contribution in [0.5, 0.6) is 11.5 Å². The molecule has 2 aromatic carbocycles. The van der Waals surface area contributed by atoms with Crippen molar-refractivity contribution in [3.8, 4) is 11.5 Å². The van der Waals surface area contributed by atoms with Gasteiger partial charge in [0.25, 0.3) is 5.69 Å². The van der Waals surface area contributed by atoms with Gasteiger partial charge in [0.05, 0.1) is 9.40 Å². The number of halogens is 1. The number of hydrogen-bond acceptors (Lipinski definition) is 4. The van der Waals surface area contributed by atoms with Crippen molar-refractivity contribution in [1.82, 2.24) is 4.98 Å². The van der Waals surface area contributed by atoms with Gasteiger partial charge in [0.15, 0.2) is 5.52 Å². The molecule has 0 aliphatic rings. The number of non-ortho nitro benzene ring substituents is 1. The van der Waals surface area contributed by atoms with Crippen LogP contribution < -0.4 is 4.74 Å². The fraction of sp³-hybridized carbons (Fsp3) is 0. The van der Waals surface area contributed by atoms with E-state index in [9.17, 15) is 10.1 Å². The summed E-state index contributed by atoms with van der Waals surface area (Å²) in [5, 5.41) is 11.7. The van der Waals surface area contributed by atoms with E-state index in [1.807, 2.05) is 24.3 Å². The van der Waals surface area contributed by atoms with E-state index in [4.69, 9.17) is 4.74 Å². The Kier molecular flexibility index (Phi) is 3.53. The van der Waals surface area contributed by atoms with E-state index >= 15 is 0 Å². The van der Waals surface area contributed by atoms with Crippen molar-refractivity contribution in [1.29, 1.82) is 0 Å². The summed E-state index contributed by atoms with van der Waals surface area (Å²) in [5.74, 6) is 1.16. The second-order valence-electron chi connectivity index (χ2n) is 4.27. The third kappa shape index (κ3) is 2.57. The van der Waals surface area contributed by atoms with Gasteiger partial charge in [0, 0.05) is 17.6 Å². The van der Waals surface area contributed by atoms with Crippen molar-refractivity contribution in [2.75, 3.05) is 0 Å². The van der Waals surface area contributed by atoms with Gasteiger partial charge in [-0.3, -0.25) is 10.1 Å². The normalized spacial score (nSPS) is 10.5. The summed E-state index contributed by atoms with van der Waals surface area (Å²) in [5.41, 5.74) is 0.275. The van der Waals surface area contributed by atoms with Gasteiger partial charge >= 0.3 is 0 Å². The Morgan fingerprint density at radius 1 is 1.05 bits per heavy atom. The Balaban J connectivity index is 2.14. The summed E-state index contributed by atoms with van der Waals surface area (Å²) >= 11 is 3.41. The molecular formula is C15H9BrN2O3. The van der Waals surface area contributed by atoms with E-state index in [-0.39, 0.29) is 5.69 Å². The lowest BCUT2D eigenvalue weighted by molar-refractivity contribution is -0.383. The maximum Gasteiger partial charge on any atom is 0.295 e. The largest absolute Gasteiger partial charge is 0.455 e. The van der Waals surface area contributed by atoms with Gasteiger partial charge in [0.1, 0.15) is 11.5 Å². The zero-order valence-corrected chi connectivity index (χ0v) is 12.3. The van der Waals surface area contributed by atoms with E-state index < -0.39 is 4.92 Å². The highest BCUT2D eigenvalue weighted by molar-refractivity contribution is 9.10. The minimum Gasteiger partial charge on any atom is -0.455 e. The molecule has 6 heteroatoms. The minimum atomic E-state index is -0.447. The average molecular weight is 345 g/mol. The van der Waals surface area contributed by atoms with Crippen LogP contribution in [0.1, 0.15) is 0 Å². The Bertz CT molecular complexity index is 836. The van der Waals surface area contributed by atoms with Crippen LogP contribution in [-0.2, 0) is 0 Å². The zero-order valence-electron chi connectivity index (χ0n) is 10.7. The third-order valence-corrected chi connectivity index (χ3v) is 3.62. The van der Waals surface area contributed by atoms with Crippen LogP contribution in [0.25, 0.3) is 10.9 Å². The maximum absolute atomic E-state index is 11.1. The smallest absolute Gasteiger partial charge is 0.295 e. The highest BCUT2D eigenvalue weighted by atomic mass is 79.9. The van der Waals surface area contributed by atoms with Crippen molar-refractivity contribution < 1.29 is 9.66 Å². The Hall–Kier alpha value is -2.47. The lowest BCUT2D eigenvalue weighted by Crippen LogP contribution is -1.94. The number of rotatable bonds is 3. The van der Waals surface area contributed by atoms with Crippen LogP contribution >= 0.6 is 15.9 Å². The lowest BCUT2D eigenvalue weighted by atomic mass is 10.1. The number of hydrogen-bond donors (Lipinski definition) is 0. The number of ether oxygens (including phenoxy) is 1. The second kappa shape index (κ2) is 5.49. The van der Waals surface area contributed by atoms with Crippen LogP contribution in [-0.4, -0.2) is 9.91 Å². The van der Waals surface area contributed by atoms with Gasteiger partial charge < -0.3 is 4.74 Å². The van der Waals surface area contributed by atoms with Crippen LogP contribution in [0.3, 0.4) is 0 Å².